The monoisotopic (exact) mass is 572 g/mol. The molecule has 238 valence electrons. The summed E-state index contributed by atoms with van der Waals surface area (Å²) in [6.45, 7) is 27.3. The second kappa shape index (κ2) is 15.8. The van der Waals surface area contributed by atoms with Gasteiger partial charge in [0, 0.05) is 37.4 Å². The Morgan fingerprint density at radius 3 is 2.44 bits per heavy atom. The first kappa shape index (κ1) is 34.8. The summed E-state index contributed by atoms with van der Waals surface area (Å²) < 4.78 is 6.67. The molecule has 3 aliphatic rings. The first-order valence-corrected chi connectivity index (χ1v) is 17.6. The van der Waals surface area contributed by atoms with E-state index < -0.39 is 0 Å². The number of methoxy groups -OCH3 is 1. The average Bonchev–Trinajstić information content (AvgIpc) is 3.13. The van der Waals surface area contributed by atoms with Crippen molar-refractivity contribution in [2.75, 3.05) is 33.8 Å². The maximum absolute atomic E-state index is 6.67. The van der Waals surface area contributed by atoms with Crippen LogP contribution in [0.1, 0.15) is 120 Å². The molecule has 0 saturated heterocycles. The molecule has 0 aromatic carbocycles. The van der Waals surface area contributed by atoms with Gasteiger partial charge in [-0.3, -0.25) is 4.99 Å². The summed E-state index contributed by atoms with van der Waals surface area (Å²) >= 11 is 0. The highest BCUT2D eigenvalue weighted by atomic mass is 16.5. The van der Waals surface area contributed by atoms with Gasteiger partial charge < -0.3 is 15.0 Å². The lowest BCUT2D eigenvalue weighted by atomic mass is 9.65. The highest BCUT2D eigenvalue weighted by Gasteiger charge is 2.44. The molecule has 0 aromatic rings. The Morgan fingerprint density at radius 1 is 1.02 bits per heavy atom. The van der Waals surface area contributed by atoms with Gasteiger partial charge in [-0.15, -0.1) is 0 Å². The van der Waals surface area contributed by atoms with Crippen molar-refractivity contribution in [1.82, 2.24) is 10.2 Å². The minimum absolute atomic E-state index is 0.169. The third-order valence-electron chi connectivity index (χ3n) is 12.0. The summed E-state index contributed by atoms with van der Waals surface area (Å²) in [6, 6.07) is 1.21. The third kappa shape index (κ3) is 9.15. The minimum Gasteiger partial charge on any atom is -0.378 e. The van der Waals surface area contributed by atoms with Gasteiger partial charge in [0.2, 0.25) is 0 Å². The van der Waals surface area contributed by atoms with Crippen molar-refractivity contribution in [3.8, 4) is 0 Å². The third-order valence-corrected chi connectivity index (χ3v) is 12.0. The van der Waals surface area contributed by atoms with E-state index in [4.69, 9.17) is 9.73 Å². The Balaban J connectivity index is 1.92. The van der Waals surface area contributed by atoms with Gasteiger partial charge in [0.15, 0.2) is 0 Å². The molecular formula is C37H69N3O. The molecule has 4 heteroatoms. The molecule has 0 amide bonds. The van der Waals surface area contributed by atoms with Crippen molar-refractivity contribution in [1.29, 1.82) is 0 Å². The van der Waals surface area contributed by atoms with Crippen LogP contribution < -0.4 is 5.32 Å². The molecule has 2 bridgehead atoms. The number of allylic oxidation sites excluding steroid dienone is 1. The van der Waals surface area contributed by atoms with Crippen molar-refractivity contribution in [3.05, 3.63) is 12.2 Å². The quantitative estimate of drug-likeness (QED) is 0.311. The van der Waals surface area contributed by atoms with E-state index in [0.29, 0.717) is 41.5 Å². The van der Waals surface area contributed by atoms with Crippen molar-refractivity contribution in [3.63, 3.8) is 0 Å². The van der Waals surface area contributed by atoms with Gasteiger partial charge in [0.25, 0.3) is 0 Å². The van der Waals surface area contributed by atoms with Gasteiger partial charge in [0.1, 0.15) is 0 Å². The normalized spacial score (nSPS) is 41.9. The maximum atomic E-state index is 6.67. The number of hydrogen-bond acceptors (Lipinski definition) is 4. The molecule has 1 aliphatic heterocycles. The van der Waals surface area contributed by atoms with Crippen molar-refractivity contribution in [2.45, 2.75) is 137 Å². The lowest BCUT2D eigenvalue weighted by molar-refractivity contribution is -0.0852. The number of aliphatic imine (C=N–C) groups is 1. The van der Waals surface area contributed by atoms with E-state index in [2.05, 4.69) is 79.2 Å². The minimum atomic E-state index is -0.169. The molecule has 3 rings (SSSR count). The largest absolute Gasteiger partial charge is 0.378 e. The average molecular weight is 572 g/mol. The first-order chi connectivity index (χ1) is 19.4. The van der Waals surface area contributed by atoms with Crippen LogP contribution in [0, 0.1) is 47.3 Å². The SMILES string of the molecule is C=C1CCC(C)C2NCCN=C(C2C)[C@H](C)C[C@@](C)(OC)[C@H](CC2CC(C)CC(N(C)CCCC)C2)[C@@H](C)CC1C. The van der Waals surface area contributed by atoms with Crippen LogP contribution >= 0.6 is 0 Å². The second-order valence-electron chi connectivity index (χ2n) is 15.5. The number of hydrogen-bond donors (Lipinski definition) is 1. The number of unbranched alkanes of at least 4 members (excludes halogenated alkanes) is 1. The van der Waals surface area contributed by atoms with Crippen LogP contribution in [0.25, 0.3) is 0 Å². The van der Waals surface area contributed by atoms with Gasteiger partial charge in [-0.25, -0.2) is 0 Å². The Kier molecular flexibility index (Phi) is 13.4. The molecule has 1 heterocycles. The molecule has 2 aliphatic carbocycles. The summed E-state index contributed by atoms with van der Waals surface area (Å²) in [4.78, 5) is 7.92. The standard InChI is InChI=1S/C37H69N3O/c1-12-13-18-40(10)33-20-25(2)19-32(22-33)23-34-29(6)21-28(5)26(3)14-15-27(4)35-31(8)36(39-17-16-38-35)30(7)24-37(34,9)41-11/h25,27-35,38H,3,12-24H2,1-2,4-11H3/t25?,27?,28?,29-,30+,31?,32?,33?,34+,35?,37+/m0/s1. The van der Waals surface area contributed by atoms with Crippen LogP contribution in [-0.4, -0.2) is 62.1 Å². The molecule has 4 nitrogen and oxygen atoms in total. The molecule has 0 aromatic heterocycles. The molecule has 1 N–H and O–H groups in total. The number of nitrogens with one attached hydrogen (secondary N) is 1. The van der Waals surface area contributed by atoms with Gasteiger partial charge in [0.05, 0.1) is 12.1 Å². The summed E-state index contributed by atoms with van der Waals surface area (Å²) in [5, 5.41) is 3.89. The summed E-state index contributed by atoms with van der Waals surface area (Å²) in [5.41, 5.74) is 2.71. The molecule has 0 radical (unpaired) electrons. The summed E-state index contributed by atoms with van der Waals surface area (Å²) in [5.74, 6) is 4.73. The predicted octanol–water partition coefficient (Wildman–Crippen LogP) is 8.66. The second-order valence-corrected chi connectivity index (χ2v) is 15.5. The van der Waals surface area contributed by atoms with Crippen LogP contribution in [0.3, 0.4) is 0 Å². The van der Waals surface area contributed by atoms with Crippen molar-refractivity contribution < 1.29 is 4.74 Å². The topological polar surface area (TPSA) is 36.9 Å². The van der Waals surface area contributed by atoms with E-state index in [1.807, 2.05) is 7.11 Å². The van der Waals surface area contributed by atoms with Crippen LogP contribution in [0.2, 0.25) is 0 Å². The van der Waals surface area contributed by atoms with E-state index in [9.17, 15) is 0 Å². The molecular weight excluding hydrogens is 502 g/mol. The fourth-order valence-corrected chi connectivity index (χ4v) is 9.34. The van der Waals surface area contributed by atoms with Crippen LogP contribution in [0.5, 0.6) is 0 Å². The zero-order valence-corrected chi connectivity index (χ0v) is 29.0. The lowest BCUT2D eigenvalue weighted by Gasteiger charge is -2.47. The number of ether oxygens (including phenoxy) is 1. The van der Waals surface area contributed by atoms with E-state index >= 15 is 0 Å². The highest BCUT2D eigenvalue weighted by Crippen LogP contribution is 2.45. The van der Waals surface area contributed by atoms with Crippen molar-refractivity contribution >= 4 is 5.71 Å². The number of rotatable bonds is 7. The number of nitrogens with zero attached hydrogens (tertiary/aromatic N) is 2. The summed E-state index contributed by atoms with van der Waals surface area (Å²) in [7, 11) is 4.37. The molecule has 11 atom stereocenters. The van der Waals surface area contributed by atoms with E-state index in [1.165, 1.54) is 69.2 Å². The van der Waals surface area contributed by atoms with E-state index in [1.54, 1.807) is 0 Å². The van der Waals surface area contributed by atoms with Crippen LogP contribution in [-0.2, 0) is 4.74 Å². The fraction of sp³-hybridized carbons (Fsp3) is 0.919. The molecule has 0 spiro atoms. The first-order valence-electron chi connectivity index (χ1n) is 17.6. The van der Waals surface area contributed by atoms with Gasteiger partial charge >= 0.3 is 0 Å². The Hall–Kier alpha value is -0.710. The molecule has 7 unspecified atom stereocenters. The van der Waals surface area contributed by atoms with Crippen LogP contribution in [0.4, 0.5) is 0 Å². The highest BCUT2D eigenvalue weighted by molar-refractivity contribution is 5.89. The van der Waals surface area contributed by atoms with E-state index in [-0.39, 0.29) is 5.60 Å². The van der Waals surface area contributed by atoms with Crippen molar-refractivity contribution in [2.24, 2.45) is 52.3 Å². The van der Waals surface area contributed by atoms with Crippen LogP contribution in [0.15, 0.2) is 17.1 Å². The maximum Gasteiger partial charge on any atom is 0.0687 e. The van der Waals surface area contributed by atoms with Gasteiger partial charge in [-0.05, 0) is 120 Å². The lowest BCUT2D eigenvalue weighted by Crippen LogP contribution is -2.48. The zero-order valence-electron chi connectivity index (χ0n) is 29.0. The van der Waals surface area contributed by atoms with Gasteiger partial charge in [-0.2, -0.15) is 0 Å². The molecule has 41 heavy (non-hydrogen) atoms. The number of fused-ring (bicyclic) bond motifs is 2. The van der Waals surface area contributed by atoms with E-state index in [0.717, 1.165) is 43.8 Å². The Morgan fingerprint density at radius 2 is 1.76 bits per heavy atom. The summed E-state index contributed by atoms with van der Waals surface area (Å²) in [6.07, 6.45) is 12.6. The smallest absolute Gasteiger partial charge is 0.0687 e. The zero-order chi connectivity index (χ0) is 30.3. The fourth-order valence-electron chi connectivity index (χ4n) is 9.34. The predicted molar refractivity (Wildman–Crippen MR) is 179 cm³/mol. The molecule has 2 saturated carbocycles. The van der Waals surface area contributed by atoms with Gasteiger partial charge in [-0.1, -0.05) is 67.0 Å². The molecule has 2 fully saturated rings. The Bertz CT molecular complexity index is 840. The Labute approximate surface area is 255 Å².